The van der Waals surface area contributed by atoms with E-state index in [-0.39, 0.29) is 41.2 Å². The first-order valence-corrected chi connectivity index (χ1v) is 12.3. The number of imidazole rings is 2. The highest BCUT2D eigenvalue weighted by Gasteiger charge is 2.38. The molecule has 0 amide bonds. The van der Waals surface area contributed by atoms with Crippen LogP contribution in [0.4, 0.5) is 11.9 Å². The van der Waals surface area contributed by atoms with E-state index in [4.69, 9.17) is 20.9 Å². The lowest BCUT2D eigenvalue weighted by atomic mass is 10.1. The average molecular weight is 545 g/mol. The first-order valence-electron chi connectivity index (χ1n) is 12.3. The lowest BCUT2D eigenvalue weighted by molar-refractivity contribution is -0.0275. The molecule has 2 fully saturated rings. The fourth-order valence-electron chi connectivity index (χ4n) is 5.09. The van der Waals surface area contributed by atoms with E-state index in [0.29, 0.717) is 31.5 Å². The van der Waals surface area contributed by atoms with Crippen LogP contribution in [-0.2, 0) is 9.47 Å². The Kier molecular flexibility index (Phi) is 6.49. The Balaban J connectivity index is 1.05. The number of aliphatic hydroxyl groups excluding tert-OH is 2. The SMILES string of the molecule is Nc1nc2c(ncn2[C@H]2C[C@H](NNCC[C@H]3O[C@@H](n4cnc5c(=O)[nH]c(N)nc54)C[C@@H]3O)[C@@H](CO)O2)c(=O)[nH]1. The smallest absolute Gasteiger partial charge is 0.280 e. The maximum atomic E-state index is 12.1. The molecule has 0 aliphatic carbocycles. The van der Waals surface area contributed by atoms with E-state index in [2.05, 4.69) is 40.8 Å². The Labute approximate surface area is 218 Å². The number of rotatable bonds is 8. The van der Waals surface area contributed by atoms with Gasteiger partial charge in [-0.1, -0.05) is 0 Å². The number of hydrogen-bond acceptors (Lipinski definition) is 14. The van der Waals surface area contributed by atoms with E-state index in [1.807, 2.05) is 0 Å². The number of hydrogen-bond donors (Lipinski definition) is 8. The lowest BCUT2D eigenvalue weighted by Gasteiger charge is -2.20. The Morgan fingerprint density at radius 2 is 1.51 bits per heavy atom. The molecule has 0 aromatic carbocycles. The number of nitrogens with two attached hydrogens (primary N) is 2. The van der Waals surface area contributed by atoms with Gasteiger partial charge in [0.15, 0.2) is 22.3 Å². The van der Waals surface area contributed by atoms with Gasteiger partial charge >= 0.3 is 0 Å². The molecule has 2 aliphatic rings. The minimum Gasteiger partial charge on any atom is -0.394 e. The van der Waals surface area contributed by atoms with Crippen LogP contribution in [0.2, 0.25) is 0 Å². The van der Waals surface area contributed by atoms with Crippen LogP contribution in [0.15, 0.2) is 22.2 Å². The van der Waals surface area contributed by atoms with Crippen molar-refractivity contribution in [3.63, 3.8) is 0 Å². The van der Waals surface area contributed by atoms with Gasteiger partial charge in [-0.3, -0.25) is 39.5 Å². The standard InChI is InChI=1S/C21H28N12O6/c22-20-27-16-14(18(36)29-20)24-6-32(16)12-3-8(11(5-34)39-12)31-26-2-1-10-9(35)4-13(38-10)33-7-25-15-17(33)28-21(23)30-19(15)37/h6-13,26,31,34-35H,1-5H2,(H3,22,27,29,36)(H3,23,28,30,37)/t8-,9-,10+,11+,12+,13+/m0/s1. The van der Waals surface area contributed by atoms with Crippen molar-refractivity contribution < 1.29 is 19.7 Å². The van der Waals surface area contributed by atoms with Crippen LogP contribution in [0.25, 0.3) is 22.3 Å². The van der Waals surface area contributed by atoms with Crippen LogP contribution >= 0.6 is 0 Å². The normalized spacial score (nSPS) is 27.2. The van der Waals surface area contributed by atoms with Crippen molar-refractivity contribution in [3.8, 4) is 0 Å². The lowest BCUT2D eigenvalue weighted by Crippen LogP contribution is -2.47. The fourth-order valence-corrected chi connectivity index (χ4v) is 5.09. The van der Waals surface area contributed by atoms with Gasteiger partial charge in [-0.25, -0.2) is 9.97 Å². The van der Waals surface area contributed by atoms with Crippen molar-refractivity contribution in [2.24, 2.45) is 0 Å². The summed E-state index contributed by atoms with van der Waals surface area (Å²) in [5.41, 5.74) is 17.6. The van der Waals surface area contributed by atoms with Gasteiger partial charge in [0.05, 0.1) is 43.6 Å². The first kappa shape index (κ1) is 25.3. The molecule has 0 unspecified atom stereocenters. The summed E-state index contributed by atoms with van der Waals surface area (Å²) in [6.45, 7) is 0.204. The Hall–Kier alpha value is -3.94. The number of nitrogen functional groups attached to an aromatic ring is 2. The number of nitrogens with one attached hydrogen (secondary N) is 4. The zero-order valence-electron chi connectivity index (χ0n) is 20.5. The van der Waals surface area contributed by atoms with Gasteiger partial charge in [-0.2, -0.15) is 9.97 Å². The number of aromatic amines is 2. The van der Waals surface area contributed by atoms with Crippen molar-refractivity contribution in [1.82, 2.24) is 49.9 Å². The minimum atomic E-state index is -0.740. The zero-order chi connectivity index (χ0) is 27.3. The minimum absolute atomic E-state index is 0.0314. The number of fused-ring (bicyclic) bond motifs is 2. The second-order valence-electron chi connectivity index (χ2n) is 9.50. The predicted octanol–water partition coefficient (Wildman–Crippen LogP) is -2.80. The summed E-state index contributed by atoms with van der Waals surface area (Å²) in [5.74, 6) is -0.0645. The maximum Gasteiger partial charge on any atom is 0.280 e. The van der Waals surface area contributed by atoms with Gasteiger partial charge in [0.25, 0.3) is 11.1 Å². The average Bonchev–Trinajstić information content (AvgIpc) is 3.66. The molecule has 4 aromatic rings. The van der Waals surface area contributed by atoms with Crippen LogP contribution in [0.1, 0.15) is 31.7 Å². The quantitative estimate of drug-likeness (QED) is 0.0823. The number of nitrogens with zero attached hydrogens (tertiary/aromatic N) is 6. The third kappa shape index (κ3) is 4.62. The van der Waals surface area contributed by atoms with E-state index in [0.717, 1.165) is 0 Å². The third-order valence-corrected chi connectivity index (χ3v) is 6.98. The third-order valence-electron chi connectivity index (χ3n) is 6.98. The maximum absolute atomic E-state index is 12.1. The molecule has 2 aliphatic heterocycles. The molecule has 0 radical (unpaired) electrons. The summed E-state index contributed by atoms with van der Waals surface area (Å²) >= 11 is 0. The molecule has 6 atom stereocenters. The number of hydrazine groups is 1. The number of aromatic nitrogens is 8. The highest BCUT2D eigenvalue weighted by atomic mass is 16.5. The van der Waals surface area contributed by atoms with Gasteiger partial charge in [0.2, 0.25) is 11.9 Å². The van der Waals surface area contributed by atoms with Gasteiger partial charge in [0, 0.05) is 19.4 Å². The summed E-state index contributed by atoms with van der Waals surface area (Å²) in [7, 11) is 0. The number of ether oxygens (including phenoxy) is 2. The van der Waals surface area contributed by atoms with E-state index >= 15 is 0 Å². The van der Waals surface area contributed by atoms with E-state index in [9.17, 15) is 19.8 Å². The highest BCUT2D eigenvalue weighted by molar-refractivity contribution is 5.71. The molecule has 6 rings (SSSR count). The summed E-state index contributed by atoms with van der Waals surface area (Å²) in [6, 6.07) is -0.272. The van der Waals surface area contributed by atoms with E-state index in [1.54, 1.807) is 9.13 Å². The van der Waals surface area contributed by atoms with Gasteiger partial charge in [-0.05, 0) is 6.42 Å². The number of H-pyrrole nitrogens is 2. The predicted molar refractivity (Wildman–Crippen MR) is 135 cm³/mol. The Bertz CT molecular complexity index is 1610. The van der Waals surface area contributed by atoms with Crippen LogP contribution < -0.4 is 33.4 Å². The summed E-state index contributed by atoms with van der Waals surface area (Å²) < 4.78 is 15.2. The molecular formula is C21H28N12O6. The number of anilines is 2. The van der Waals surface area contributed by atoms with Gasteiger partial charge in [-0.15, -0.1) is 0 Å². The topological polar surface area (TPSA) is 262 Å². The Morgan fingerprint density at radius 3 is 2.10 bits per heavy atom. The van der Waals surface area contributed by atoms with E-state index in [1.165, 1.54) is 12.7 Å². The van der Waals surface area contributed by atoms with Crippen molar-refractivity contribution in [3.05, 3.63) is 33.4 Å². The zero-order valence-corrected chi connectivity index (χ0v) is 20.5. The van der Waals surface area contributed by atoms with Crippen LogP contribution in [-0.4, -0.2) is 86.8 Å². The van der Waals surface area contributed by atoms with Crippen molar-refractivity contribution in [1.29, 1.82) is 0 Å². The first-order chi connectivity index (χ1) is 18.8. The molecule has 2 saturated heterocycles. The number of aliphatic hydroxyl groups is 2. The Morgan fingerprint density at radius 1 is 0.949 bits per heavy atom. The van der Waals surface area contributed by atoms with Crippen molar-refractivity contribution in [2.45, 2.75) is 56.1 Å². The van der Waals surface area contributed by atoms with Crippen LogP contribution in [0, 0.1) is 0 Å². The largest absolute Gasteiger partial charge is 0.394 e. The molecule has 18 heteroatoms. The molecule has 208 valence electrons. The van der Waals surface area contributed by atoms with Crippen LogP contribution in [0.3, 0.4) is 0 Å². The molecule has 6 heterocycles. The fraction of sp³-hybridized carbons (Fsp3) is 0.524. The molecule has 0 bridgehead atoms. The molecule has 10 N–H and O–H groups in total. The van der Waals surface area contributed by atoms with E-state index < -0.39 is 41.9 Å². The second kappa shape index (κ2) is 9.98. The summed E-state index contributed by atoms with van der Waals surface area (Å²) in [4.78, 5) is 45.5. The van der Waals surface area contributed by atoms with Gasteiger partial charge < -0.3 is 31.2 Å². The second-order valence-corrected chi connectivity index (χ2v) is 9.50. The summed E-state index contributed by atoms with van der Waals surface area (Å²) in [5, 5.41) is 20.4. The molecule has 0 spiro atoms. The van der Waals surface area contributed by atoms with Gasteiger partial charge in [0.1, 0.15) is 12.5 Å². The molecular weight excluding hydrogens is 516 g/mol. The summed E-state index contributed by atoms with van der Waals surface area (Å²) in [6.07, 6.45) is 1.28. The van der Waals surface area contributed by atoms with Crippen LogP contribution in [0.5, 0.6) is 0 Å². The molecule has 39 heavy (non-hydrogen) atoms. The molecule has 4 aromatic heterocycles. The molecule has 0 saturated carbocycles. The highest BCUT2D eigenvalue weighted by Crippen LogP contribution is 2.32. The molecule has 18 nitrogen and oxygen atoms in total. The van der Waals surface area contributed by atoms with Crippen molar-refractivity contribution in [2.75, 3.05) is 24.6 Å². The monoisotopic (exact) mass is 544 g/mol. The van der Waals surface area contributed by atoms with Crippen molar-refractivity contribution >= 4 is 34.2 Å².